The number of carbonyl (C=O) groups excluding carboxylic acids is 2. The molecule has 1 aromatic heterocycles. The molecule has 2 saturated carbocycles. The molecule has 136 valence electrons. The zero-order valence-electron chi connectivity index (χ0n) is 14.9. The number of nitrogens with one attached hydrogen (secondary N) is 1. The van der Waals surface area contributed by atoms with Crippen LogP contribution in [-0.2, 0) is 4.79 Å². The molecular formula is C20H28N2O2S. The van der Waals surface area contributed by atoms with Crippen LogP contribution in [-0.4, -0.2) is 35.8 Å². The lowest BCUT2D eigenvalue weighted by Crippen LogP contribution is -2.47. The number of hydrogen-bond donors (Lipinski definition) is 1. The van der Waals surface area contributed by atoms with E-state index < -0.39 is 0 Å². The third-order valence-electron chi connectivity index (χ3n) is 6.69. The topological polar surface area (TPSA) is 49.4 Å². The first-order valence-corrected chi connectivity index (χ1v) is 10.6. The van der Waals surface area contributed by atoms with Crippen molar-refractivity contribution in [3.05, 3.63) is 22.4 Å². The van der Waals surface area contributed by atoms with E-state index in [0.29, 0.717) is 25.0 Å². The molecule has 4 rings (SSSR count). The summed E-state index contributed by atoms with van der Waals surface area (Å²) in [5.74, 6) is 2.82. The van der Waals surface area contributed by atoms with Crippen LogP contribution < -0.4 is 5.32 Å². The Kier molecular flexibility index (Phi) is 4.85. The first-order chi connectivity index (χ1) is 12.1. The number of carbonyl (C=O) groups is 2. The van der Waals surface area contributed by atoms with Gasteiger partial charge in [0, 0.05) is 25.0 Å². The maximum Gasteiger partial charge on any atom is 0.263 e. The summed E-state index contributed by atoms with van der Waals surface area (Å²) in [6, 6.07) is 4.09. The average Bonchev–Trinajstić information content (AvgIpc) is 3.38. The smallest absolute Gasteiger partial charge is 0.263 e. The second-order valence-corrected chi connectivity index (χ2v) is 9.13. The Bertz CT molecular complexity index is 622. The quantitative estimate of drug-likeness (QED) is 0.893. The summed E-state index contributed by atoms with van der Waals surface area (Å²) in [6.45, 7) is 3.58. The van der Waals surface area contributed by atoms with Gasteiger partial charge in [-0.05, 0) is 68.2 Å². The zero-order valence-corrected chi connectivity index (χ0v) is 15.8. The van der Waals surface area contributed by atoms with Crippen LogP contribution in [0.5, 0.6) is 0 Å². The average molecular weight is 361 g/mol. The molecule has 1 N–H and O–H groups in total. The summed E-state index contributed by atoms with van der Waals surface area (Å²) < 4.78 is 0. The van der Waals surface area contributed by atoms with Gasteiger partial charge in [-0.2, -0.15) is 0 Å². The largest absolute Gasteiger partial charge is 0.353 e. The summed E-state index contributed by atoms with van der Waals surface area (Å²) in [6.07, 6.45) is 7.02. The van der Waals surface area contributed by atoms with Crippen molar-refractivity contribution in [2.45, 2.75) is 51.5 Å². The number of amides is 2. The fourth-order valence-electron chi connectivity index (χ4n) is 5.26. The van der Waals surface area contributed by atoms with Gasteiger partial charge in [0.25, 0.3) is 5.91 Å². The van der Waals surface area contributed by atoms with Crippen LogP contribution in [0.2, 0.25) is 0 Å². The van der Waals surface area contributed by atoms with Crippen molar-refractivity contribution in [1.82, 2.24) is 10.2 Å². The Hall–Kier alpha value is -1.36. The van der Waals surface area contributed by atoms with E-state index in [1.807, 2.05) is 22.4 Å². The van der Waals surface area contributed by atoms with Crippen LogP contribution in [0, 0.1) is 23.7 Å². The lowest BCUT2D eigenvalue weighted by atomic mass is 9.83. The van der Waals surface area contributed by atoms with Gasteiger partial charge in [-0.1, -0.05) is 12.5 Å². The van der Waals surface area contributed by atoms with Crippen LogP contribution in [0.3, 0.4) is 0 Å². The van der Waals surface area contributed by atoms with Crippen molar-refractivity contribution >= 4 is 23.2 Å². The predicted molar refractivity (Wildman–Crippen MR) is 99.5 cm³/mol. The molecule has 25 heavy (non-hydrogen) atoms. The van der Waals surface area contributed by atoms with Crippen molar-refractivity contribution < 1.29 is 9.59 Å². The van der Waals surface area contributed by atoms with E-state index in [9.17, 15) is 9.59 Å². The summed E-state index contributed by atoms with van der Waals surface area (Å²) in [5, 5.41) is 5.24. The minimum atomic E-state index is 0.0634. The van der Waals surface area contributed by atoms with Crippen LogP contribution >= 0.6 is 11.3 Å². The molecule has 1 saturated heterocycles. The first kappa shape index (κ1) is 17.1. The molecule has 2 amide bonds. The molecule has 0 aromatic carbocycles. The molecule has 1 aliphatic heterocycles. The van der Waals surface area contributed by atoms with Gasteiger partial charge >= 0.3 is 0 Å². The van der Waals surface area contributed by atoms with Crippen LogP contribution in [0.1, 0.15) is 55.1 Å². The number of rotatable bonds is 4. The molecule has 1 aromatic rings. The Morgan fingerprint density at radius 3 is 2.60 bits per heavy atom. The number of hydrogen-bond acceptors (Lipinski definition) is 3. The van der Waals surface area contributed by atoms with Crippen molar-refractivity contribution in [1.29, 1.82) is 0 Å². The van der Waals surface area contributed by atoms with Crippen molar-refractivity contribution in [3.63, 3.8) is 0 Å². The van der Waals surface area contributed by atoms with Crippen molar-refractivity contribution in [3.8, 4) is 0 Å². The van der Waals surface area contributed by atoms with E-state index >= 15 is 0 Å². The molecule has 2 heterocycles. The molecule has 0 unspecified atom stereocenters. The van der Waals surface area contributed by atoms with Crippen LogP contribution in [0.4, 0.5) is 0 Å². The summed E-state index contributed by atoms with van der Waals surface area (Å²) >= 11 is 1.49. The van der Waals surface area contributed by atoms with Crippen LogP contribution in [0.15, 0.2) is 17.5 Å². The van der Waals surface area contributed by atoms with Crippen molar-refractivity contribution in [2.24, 2.45) is 23.7 Å². The molecule has 2 aliphatic carbocycles. The number of fused-ring (bicyclic) bond motifs is 2. The molecular weight excluding hydrogens is 332 g/mol. The fourth-order valence-corrected chi connectivity index (χ4v) is 5.95. The second-order valence-electron chi connectivity index (χ2n) is 8.18. The van der Waals surface area contributed by atoms with E-state index in [4.69, 9.17) is 0 Å². The SMILES string of the molecule is C[C@H](NC(=O)C1CCN(C(=O)c2cccs2)CC1)[C@H]1C[C@H]2CC[C@H]1C2. The van der Waals surface area contributed by atoms with E-state index in [2.05, 4.69) is 12.2 Å². The molecule has 2 bridgehead atoms. The monoisotopic (exact) mass is 360 g/mol. The van der Waals surface area contributed by atoms with Gasteiger partial charge in [0.15, 0.2) is 0 Å². The van der Waals surface area contributed by atoms with Gasteiger partial charge < -0.3 is 10.2 Å². The summed E-state index contributed by atoms with van der Waals surface area (Å²) in [5.41, 5.74) is 0. The maximum atomic E-state index is 12.7. The van der Waals surface area contributed by atoms with Crippen LogP contribution in [0.25, 0.3) is 0 Å². The second kappa shape index (κ2) is 7.10. The number of thiophene rings is 1. The highest BCUT2D eigenvalue weighted by Gasteiger charge is 2.42. The molecule has 0 radical (unpaired) electrons. The van der Waals surface area contributed by atoms with Crippen molar-refractivity contribution in [2.75, 3.05) is 13.1 Å². The molecule has 3 aliphatic rings. The number of nitrogens with zero attached hydrogens (tertiary/aromatic N) is 1. The van der Waals surface area contributed by atoms with E-state index in [-0.39, 0.29) is 17.7 Å². The third-order valence-corrected chi connectivity index (χ3v) is 7.55. The molecule has 4 atom stereocenters. The fraction of sp³-hybridized carbons (Fsp3) is 0.700. The number of piperidine rings is 1. The minimum Gasteiger partial charge on any atom is -0.353 e. The van der Waals surface area contributed by atoms with E-state index in [0.717, 1.165) is 29.6 Å². The zero-order chi connectivity index (χ0) is 17.4. The highest BCUT2D eigenvalue weighted by Crippen LogP contribution is 2.49. The van der Waals surface area contributed by atoms with E-state index in [1.165, 1.54) is 37.0 Å². The minimum absolute atomic E-state index is 0.0634. The molecule has 0 spiro atoms. The Morgan fingerprint density at radius 1 is 1.20 bits per heavy atom. The van der Waals surface area contributed by atoms with Gasteiger partial charge in [-0.3, -0.25) is 9.59 Å². The molecule has 5 heteroatoms. The van der Waals surface area contributed by atoms with Gasteiger partial charge in [0.1, 0.15) is 0 Å². The van der Waals surface area contributed by atoms with Gasteiger partial charge in [0.2, 0.25) is 5.91 Å². The summed E-state index contributed by atoms with van der Waals surface area (Å²) in [7, 11) is 0. The number of likely N-dealkylation sites (tertiary alicyclic amines) is 1. The van der Waals surface area contributed by atoms with Gasteiger partial charge in [0.05, 0.1) is 4.88 Å². The van der Waals surface area contributed by atoms with Gasteiger partial charge in [-0.15, -0.1) is 11.3 Å². The predicted octanol–water partition coefficient (Wildman–Crippen LogP) is 3.54. The third kappa shape index (κ3) is 3.48. The van der Waals surface area contributed by atoms with E-state index in [1.54, 1.807) is 0 Å². The highest BCUT2D eigenvalue weighted by molar-refractivity contribution is 7.12. The maximum absolute atomic E-state index is 12.7. The Balaban J connectivity index is 1.26. The Labute approximate surface area is 154 Å². The lowest BCUT2D eigenvalue weighted by molar-refractivity contribution is -0.127. The van der Waals surface area contributed by atoms with Gasteiger partial charge in [-0.25, -0.2) is 0 Å². The highest BCUT2D eigenvalue weighted by atomic mass is 32.1. The lowest BCUT2D eigenvalue weighted by Gasteiger charge is -2.33. The molecule has 4 nitrogen and oxygen atoms in total. The molecule has 3 fully saturated rings. The standard InChI is InChI=1S/C20H28N2O2S/c1-13(17-12-14-4-5-16(17)11-14)21-19(23)15-6-8-22(9-7-15)20(24)18-3-2-10-25-18/h2-3,10,13-17H,4-9,11-12H2,1H3,(H,21,23)/t13-,14-,16-,17+/m0/s1. The Morgan fingerprint density at radius 2 is 2.00 bits per heavy atom. The normalized spacial score (nSPS) is 30.4. The summed E-state index contributed by atoms with van der Waals surface area (Å²) in [4.78, 5) is 27.8. The first-order valence-electron chi connectivity index (χ1n) is 9.75.